The lowest BCUT2D eigenvalue weighted by molar-refractivity contribution is 0.0600. The van der Waals surface area contributed by atoms with Crippen LogP contribution in [0.15, 0.2) is 30.3 Å². The fourth-order valence-corrected chi connectivity index (χ4v) is 2.77. The number of likely N-dealkylation sites (N-methyl/N-ethyl adjacent to an activating group) is 1. The van der Waals surface area contributed by atoms with Gasteiger partial charge in [0.2, 0.25) is 5.95 Å². The lowest BCUT2D eigenvalue weighted by Crippen LogP contribution is -2.57. The molecule has 3 rings (SSSR count). The minimum Gasteiger partial charge on any atom is -0.465 e. The van der Waals surface area contributed by atoms with Crippen molar-refractivity contribution in [2.45, 2.75) is 19.3 Å². The molecule has 0 saturated carbocycles. The summed E-state index contributed by atoms with van der Waals surface area (Å²) in [5.41, 5.74) is 7.93. The average Bonchev–Trinajstić information content (AvgIpc) is 2.60. The van der Waals surface area contributed by atoms with Crippen molar-refractivity contribution in [1.29, 1.82) is 0 Å². The van der Waals surface area contributed by atoms with E-state index in [1.165, 1.54) is 7.11 Å². The predicted octanol–water partition coefficient (Wildman–Crippen LogP) is 0.970. The number of aromatic nitrogens is 2. The van der Waals surface area contributed by atoms with E-state index in [1.54, 1.807) is 18.2 Å². The normalized spacial score (nSPS) is 14.2. The molecule has 1 fully saturated rings. The Labute approximate surface area is 152 Å². The third-order valence-electron chi connectivity index (χ3n) is 4.26. The highest BCUT2D eigenvalue weighted by Gasteiger charge is 2.26. The van der Waals surface area contributed by atoms with E-state index in [9.17, 15) is 4.79 Å². The number of carbonyl (C=O) groups excluding carboxylic acids is 1. The number of carbonyl (C=O) groups is 1. The van der Waals surface area contributed by atoms with Gasteiger partial charge in [-0.1, -0.05) is 12.1 Å². The van der Waals surface area contributed by atoms with E-state index < -0.39 is 0 Å². The Hall–Kier alpha value is -2.71. The van der Waals surface area contributed by atoms with Crippen molar-refractivity contribution in [3.63, 3.8) is 0 Å². The molecule has 1 aliphatic heterocycles. The summed E-state index contributed by atoms with van der Waals surface area (Å²) < 4.78 is 10.5. The molecule has 138 valence electrons. The van der Waals surface area contributed by atoms with E-state index in [0.29, 0.717) is 24.8 Å². The van der Waals surface area contributed by atoms with Gasteiger partial charge < -0.3 is 25.4 Å². The second-order valence-corrected chi connectivity index (χ2v) is 6.15. The summed E-state index contributed by atoms with van der Waals surface area (Å²) in [5.74, 6) is 0.687. The zero-order valence-corrected chi connectivity index (χ0v) is 14.9. The first-order valence-corrected chi connectivity index (χ1v) is 8.39. The van der Waals surface area contributed by atoms with Crippen LogP contribution in [0, 0.1) is 0 Å². The summed E-state index contributed by atoms with van der Waals surface area (Å²) in [6.07, 6.45) is 0. The van der Waals surface area contributed by atoms with Gasteiger partial charge in [0.1, 0.15) is 5.82 Å². The number of hydrogen-bond acceptors (Lipinski definition) is 8. The van der Waals surface area contributed by atoms with Crippen LogP contribution in [0.25, 0.3) is 0 Å². The van der Waals surface area contributed by atoms with Gasteiger partial charge >= 0.3 is 5.97 Å². The first-order valence-electron chi connectivity index (χ1n) is 8.39. The van der Waals surface area contributed by atoms with Crippen LogP contribution in [0.3, 0.4) is 0 Å². The van der Waals surface area contributed by atoms with Gasteiger partial charge in [0.25, 0.3) is 0 Å². The molecule has 0 amide bonds. The second kappa shape index (κ2) is 8.11. The molecular formula is C18H23N5O3. The van der Waals surface area contributed by atoms with E-state index >= 15 is 0 Å². The van der Waals surface area contributed by atoms with Gasteiger partial charge in [-0.3, -0.25) is 0 Å². The van der Waals surface area contributed by atoms with Crippen molar-refractivity contribution >= 4 is 17.7 Å². The highest BCUT2D eigenvalue weighted by molar-refractivity contribution is 5.89. The van der Waals surface area contributed by atoms with Crippen LogP contribution in [-0.2, 0) is 22.7 Å². The molecule has 2 aromatic rings. The number of methoxy groups -OCH3 is 1. The number of ether oxygens (including phenoxy) is 2. The van der Waals surface area contributed by atoms with Crippen molar-refractivity contribution in [2.75, 3.05) is 37.9 Å². The quantitative estimate of drug-likeness (QED) is 0.707. The number of rotatable bonds is 7. The van der Waals surface area contributed by atoms with Crippen LogP contribution in [-0.4, -0.2) is 49.2 Å². The summed E-state index contributed by atoms with van der Waals surface area (Å²) in [4.78, 5) is 22.2. The Morgan fingerprint density at radius 1 is 1.31 bits per heavy atom. The lowest BCUT2D eigenvalue weighted by atomic mass is 10.1. The van der Waals surface area contributed by atoms with Gasteiger partial charge in [-0.2, -0.15) is 4.98 Å². The molecule has 0 aliphatic carbocycles. The topological polar surface area (TPSA) is 103 Å². The van der Waals surface area contributed by atoms with E-state index in [1.807, 2.05) is 19.2 Å². The Bertz CT molecular complexity index is 777. The van der Waals surface area contributed by atoms with Crippen molar-refractivity contribution in [2.24, 2.45) is 0 Å². The first-order chi connectivity index (χ1) is 12.6. The van der Waals surface area contributed by atoms with Crippen molar-refractivity contribution in [3.8, 4) is 0 Å². The third-order valence-corrected chi connectivity index (χ3v) is 4.26. The minimum atomic E-state index is -0.366. The van der Waals surface area contributed by atoms with E-state index in [2.05, 4.69) is 20.2 Å². The summed E-state index contributed by atoms with van der Waals surface area (Å²) in [6, 6.07) is 9.53. The Kier molecular flexibility index (Phi) is 5.65. The second-order valence-electron chi connectivity index (χ2n) is 6.15. The molecule has 0 spiro atoms. The van der Waals surface area contributed by atoms with Gasteiger partial charge in [0, 0.05) is 25.2 Å². The summed E-state index contributed by atoms with van der Waals surface area (Å²) in [7, 11) is 3.31. The fourth-order valence-electron chi connectivity index (χ4n) is 2.77. The predicted molar refractivity (Wildman–Crippen MR) is 97.8 cm³/mol. The Balaban J connectivity index is 1.58. The number of esters is 1. The van der Waals surface area contributed by atoms with Crippen LogP contribution in [0.4, 0.5) is 11.8 Å². The number of nitrogens with two attached hydrogens (primary N) is 1. The average molecular weight is 357 g/mol. The molecule has 1 aromatic heterocycles. The molecule has 1 aromatic carbocycles. The maximum atomic E-state index is 11.6. The molecule has 1 aliphatic rings. The molecule has 1 saturated heterocycles. The summed E-state index contributed by atoms with van der Waals surface area (Å²) >= 11 is 0. The van der Waals surface area contributed by atoms with Crippen molar-refractivity contribution < 1.29 is 14.3 Å². The third kappa shape index (κ3) is 4.27. The van der Waals surface area contributed by atoms with Crippen LogP contribution >= 0.6 is 0 Å². The van der Waals surface area contributed by atoms with Gasteiger partial charge in [-0.05, 0) is 24.7 Å². The highest BCUT2D eigenvalue weighted by atomic mass is 16.5. The van der Waals surface area contributed by atoms with Gasteiger partial charge in [0.05, 0.1) is 31.6 Å². The SMILES string of the molecule is CNC1CN(c2cc(COCc3cccc(C(=O)OC)c3)nc(N)n2)C1. The maximum Gasteiger partial charge on any atom is 0.337 e. The first kappa shape index (κ1) is 18.1. The Morgan fingerprint density at radius 3 is 2.85 bits per heavy atom. The molecule has 8 nitrogen and oxygen atoms in total. The Morgan fingerprint density at radius 2 is 2.12 bits per heavy atom. The van der Waals surface area contributed by atoms with Gasteiger partial charge in [0.15, 0.2) is 0 Å². The molecule has 0 atom stereocenters. The van der Waals surface area contributed by atoms with E-state index in [-0.39, 0.29) is 11.9 Å². The number of hydrogen-bond donors (Lipinski definition) is 2. The van der Waals surface area contributed by atoms with Crippen LogP contribution in [0.2, 0.25) is 0 Å². The lowest BCUT2D eigenvalue weighted by Gasteiger charge is -2.40. The highest BCUT2D eigenvalue weighted by Crippen LogP contribution is 2.20. The zero-order valence-electron chi connectivity index (χ0n) is 14.9. The number of nitrogen functional groups attached to an aromatic ring is 1. The maximum absolute atomic E-state index is 11.6. The molecule has 26 heavy (non-hydrogen) atoms. The number of nitrogens with zero attached hydrogens (tertiary/aromatic N) is 3. The zero-order chi connectivity index (χ0) is 18.5. The van der Waals surface area contributed by atoms with E-state index in [0.717, 1.165) is 30.2 Å². The molecule has 2 heterocycles. The monoisotopic (exact) mass is 357 g/mol. The molecule has 8 heteroatoms. The number of anilines is 2. The smallest absolute Gasteiger partial charge is 0.337 e. The largest absolute Gasteiger partial charge is 0.465 e. The molecule has 0 unspecified atom stereocenters. The molecular weight excluding hydrogens is 334 g/mol. The van der Waals surface area contributed by atoms with E-state index in [4.69, 9.17) is 15.2 Å². The van der Waals surface area contributed by atoms with Gasteiger partial charge in [-0.25, -0.2) is 9.78 Å². The van der Waals surface area contributed by atoms with Crippen molar-refractivity contribution in [3.05, 3.63) is 47.2 Å². The van der Waals surface area contributed by atoms with Crippen LogP contribution in [0.5, 0.6) is 0 Å². The molecule has 3 N–H and O–H groups in total. The fraction of sp³-hybridized carbons (Fsp3) is 0.389. The standard InChI is InChI=1S/C18H23N5O3/c1-20-15-8-23(9-15)16-7-14(21-18(19)22-16)11-26-10-12-4-3-5-13(6-12)17(24)25-2/h3-7,15,20H,8-11H2,1-2H3,(H2,19,21,22). The number of nitrogens with one attached hydrogen (secondary N) is 1. The van der Waals surface area contributed by atoms with Crippen LogP contribution in [0.1, 0.15) is 21.6 Å². The molecule has 0 bridgehead atoms. The summed E-state index contributed by atoms with van der Waals surface area (Å²) in [6.45, 7) is 2.46. The minimum absolute atomic E-state index is 0.238. The van der Waals surface area contributed by atoms with Crippen LogP contribution < -0.4 is 16.0 Å². The van der Waals surface area contributed by atoms with Crippen molar-refractivity contribution in [1.82, 2.24) is 15.3 Å². The summed E-state index contributed by atoms with van der Waals surface area (Å²) in [5, 5.41) is 3.23. The molecule has 0 radical (unpaired) electrons. The number of benzene rings is 1. The van der Waals surface area contributed by atoms with Gasteiger partial charge in [-0.15, -0.1) is 0 Å².